The summed E-state index contributed by atoms with van der Waals surface area (Å²) in [5, 5.41) is 8.97. The summed E-state index contributed by atoms with van der Waals surface area (Å²) in [6.07, 6.45) is 5.36. The Bertz CT molecular complexity index is 983. The highest BCUT2D eigenvalue weighted by Gasteiger charge is 2.27. The molecule has 7 heteroatoms. The van der Waals surface area contributed by atoms with Crippen molar-refractivity contribution in [2.45, 2.75) is 18.9 Å². The van der Waals surface area contributed by atoms with Gasteiger partial charge in [0.1, 0.15) is 18.2 Å². The van der Waals surface area contributed by atoms with Gasteiger partial charge in [0.15, 0.2) is 0 Å². The minimum atomic E-state index is -0.843. The third-order valence-corrected chi connectivity index (χ3v) is 4.56. The highest BCUT2D eigenvalue weighted by Crippen LogP contribution is 2.37. The number of benzene rings is 1. The molecule has 0 radical (unpaired) electrons. The minimum absolute atomic E-state index is 0.0366. The molecular formula is C20H19N3O4. The highest BCUT2D eigenvalue weighted by molar-refractivity contribution is 5.68. The molecule has 0 saturated heterocycles. The van der Waals surface area contributed by atoms with Crippen LogP contribution in [0.2, 0.25) is 0 Å². The Labute approximate surface area is 156 Å². The number of carbonyl (C=O) groups is 1. The van der Waals surface area contributed by atoms with Crippen molar-refractivity contribution in [2.75, 3.05) is 6.61 Å². The van der Waals surface area contributed by atoms with E-state index in [0.29, 0.717) is 24.8 Å². The predicted octanol–water partition coefficient (Wildman–Crippen LogP) is 3.01. The van der Waals surface area contributed by atoms with Crippen LogP contribution in [0.5, 0.6) is 11.6 Å². The number of pyridine rings is 1. The van der Waals surface area contributed by atoms with Crippen LogP contribution >= 0.6 is 0 Å². The van der Waals surface area contributed by atoms with Crippen molar-refractivity contribution in [3.8, 4) is 23.0 Å². The molecule has 1 aliphatic rings. The van der Waals surface area contributed by atoms with Gasteiger partial charge in [0.2, 0.25) is 5.88 Å². The lowest BCUT2D eigenvalue weighted by Gasteiger charge is -2.09. The number of hydrogen-bond acceptors (Lipinski definition) is 5. The number of aryl methyl sites for hydroxylation is 1. The van der Waals surface area contributed by atoms with Crippen molar-refractivity contribution >= 4 is 5.97 Å². The first-order valence-electron chi connectivity index (χ1n) is 8.64. The molecule has 2 aromatic heterocycles. The Kier molecular flexibility index (Phi) is 4.50. The van der Waals surface area contributed by atoms with E-state index < -0.39 is 5.97 Å². The largest absolute Gasteiger partial charge is 0.492 e. The molecule has 0 spiro atoms. The third-order valence-electron chi connectivity index (χ3n) is 4.56. The molecule has 7 nitrogen and oxygen atoms in total. The maximum atomic E-state index is 10.9. The number of nitrogens with zero attached hydrogens (tertiary/aromatic N) is 3. The second kappa shape index (κ2) is 7.11. The molecule has 3 aromatic rings. The maximum Gasteiger partial charge on any atom is 0.304 e. The van der Waals surface area contributed by atoms with E-state index in [2.05, 4.69) is 9.97 Å². The van der Waals surface area contributed by atoms with Gasteiger partial charge in [-0.05, 0) is 11.6 Å². The Balaban J connectivity index is 1.46. The monoisotopic (exact) mass is 365 g/mol. The summed E-state index contributed by atoms with van der Waals surface area (Å²) in [5.41, 5.74) is 2.84. The quantitative estimate of drug-likeness (QED) is 0.723. The van der Waals surface area contributed by atoms with Gasteiger partial charge in [-0.15, -0.1) is 0 Å². The van der Waals surface area contributed by atoms with Crippen molar-refractivity contribution in [3.63, 3.8) is 0 Å². The fourth-order valence-corrected chi connectivity index (χ4v) is 3.20. The second-order valence-electron chi connectivity index (χ2n) is 6.52. The van der Waals surface area contributed by atoms with Crippen LogP contribution in [0.25, 0.3) is 11.4 Å². The molecule has 0 unspecified atom stereocenters. The Morgan fingerprint density at radius 1 is 1.37 bits per heavy atom. The average Bonchev–Trinajstić information content (AvgIpc) is 3.26. The fourth-order valence-electron chi connectivity index (χ4n) is 3.20. The fraction of sp³-hybridized carbons (Fsp3) is 0.250. The number of aromatic nitrogens is 3. The van der Waals surface area contributed by atoms with Gasteiger partial charge in [-0.25, -0.2) is 9.97 Å². The summed E-state index contributed by atoms with van der Waals surface area (Å²) in [4.78, 5) is 19.6. The van der Waals surface area contributed by atoms with Crippen LogP contribution < -0.4 is 9.47 Å². The van der Waals surface area contributed by atoms with Crippen molar-refractivity contribution in [2.24, 2.45) is 7.05 Å². The second-order valence-corrected chi connectivity index (χ2v) is 6.52. The SMILES string of the molecule is Cn1ccnc1-c1cccc(COc2cc3c(cn2)[C@H](CC(=O)O)CO3)c1. The van der Waals surface area contributed by atoms with Gasteiger partial charge in [-0.3, -0.25) is 4.79 Å². The smallest absolute Gasteiger partial charge is 0.304 e. The molecule has 0 amide bonds. The molecule has 1 atom stereocenters. The third kappa shape index (κ3) is 3.62. The zero-order chi connectivity index (χ0) is 18.8. The molecule has 1 aromatic carbocycles. The van der Waals surface area contributed by atoms with Crippen LogP contribution in [0, 0.1) is 0 Å². The van der Waals surface area contributed by atoms with E-state index in [-0.39, 0.29) is 12.3 Å². The summed E-state index contributed by atoms with van der Waals surface area (Å²) < 4.78 is 13.4. The van der Waals surface area contributed by atoms with Gasteiger partial charge in [0.25, 0.3) is 0 Å². The first kappa shape index (κ1) is 17.1. The van der Waals surface area contributed by atoms with Gasteiger partial charge in [-0.2, -0.15) is 0 Å². The molecule has 1 aliphatic heterocycles. The van der Waals surface area contributed by atoms with E-state index in [9.17, 15) is 4.79 Å². The Morgan fingerprint density at radius 2 is 2.26 bits per heavy atom. The zero-order valence-electron chi connectivity index (χ0n) is 14.8. The van der Waals surface area contributed by atoms with Crippen LogP contribution in [0.4, 0.5) is 0 Å². The van der Waals surface area contributed by atoms with E-state index in [1.807, 2.05) is 42.1 Å². The maximum absolute atomic E-state index is 10.9. The van der Waals surface area contributed by atoms with Crippen LogP contribution in [0.1, 0.15) is 23.5 Å². The molecule has 4 rings (SSSR count). The number of imidazole rings is 1. The molecule has 27 heavy (non-hydrogen) atoms. The Morgan fingerprint density at radius 3 is 3.04 bits per heavy atom. The van der Waals surface area contributed by atoms with Crippen LogP contribution in [-0.2, 0) is 18.4 Å². The topological polar surface area (TPSA) is 86.5 Å². The lowest BCUT2D eigenvalue weighted by molar-refractivity contribution is -0.137. The lowest BCUT2D eigenvalue weighted by Crippen LogP contribution is -2.07. The van der Waals surface area contributed by atoms with E-state index in [1.165, 1.54) is 0 Å². The number of carboxylic acid groups (broad SMARTS) is 1. The Hall–Kier alpha value is -3.35. The van der Waals surface area contributed by atoms with Gasteiger partial charge in [0.05, 0.1) is 13.0 Å². The molecule has 0 saturated carbocycles. The molecule has 0 bridgehead atoms. The van der Waals surface area contributed by atoms with Crippen LogP contribution in [0.3, 0.4) is 0 Å². The standard InChI is InChI=1S/C20H19N3O4/c1-23-6-5-21-20(23)14-4-2-3-13(7-14)11-27-18-9-17-16(10-22-18)15(12-26-17)8-19(24)25/h2-7,9-10,15H,8,11-12H2,1H3,(H,24,25)/t15-/m1/s1. The van der Waals surface area contributed by atoms with Crippen molar-refractivity contribution < 1.29 is 19.4 Å². The average molecular weight is 365 g/mol. The summed E-state index contributed by atoms with van der Waals surface area (Å²) >= 11 is 0. The number of rotatable bonds is 6. The van der Waals surface area contributed by atoms with Gasteiger partial charge in [0, 0.05) is 48.7 Å². The summed E-state index contributed by atoms with van der Waals surface area (Å²) in [6, 6.07) is 9.72. The van der Waals surface area contributed by atoms with Crippen molar-refractivity contribution in [3.05, 3.63) is 60.0 Å². The molecule has 1 N–H and O–H groups in total. The van der Waals surface area contributed by atoms with E-state index >= 15 is 0 Å². The van der Waals surface area contributed by atoms with Crippen molar-refractivity contribution in [1.29, 1.82) is 0 Å². The zero-order valence-corrected chi connectivity index (χ0v) is 14.8. The molecule has 3 heterocycles. The predicted molar refractivity (Wildman–Crippen MR) is 97.7 cm³/mol. The van der Waals surface area contributed by atoms with E-state index in [0.717, 1.165) is 22.5 Å². The first-order valence-corrected chi connectivity index (χ1v) is 8.64. The van der Waals surface area contributed by atoms with Gasteiger partial charge in [-0.1, -0.05) is 18.2 Å². The number of aliphatic carboxylic acids is 1. The number of hydrogen-bond donors (Lipinski definition) is 1. The highest BCUT2D eigenvalue weighted by atomic mass is 16.5. The summed E-state index contributed by atoms with van der Waals surface area (Å²) in [5.74, 6) is 0.989. The first-order chi connectivity index (χ1) is 13.1. The van der Waals surface area contributed by atoms with Crippen LogP contribution in [-0.4, -0.2) is 32.2 Å². The number of ether oxygens (including phenoxy) is 2. The van der Waals surface area contributed by atoms with Crippen LogP contribution in [0.15, 0.2) is 48.9 Å². The number of carboxylic acids is 1. The van der Waals surface area contributed by atoms with Crippen molar-refractivity contribution in [1.82, 2.24) is 14.5 Å². The summed E-state index contributed by atoms with van der Waals surface area (Å²) in [7, 11) is 1.96. The lowest BCUT2D eigenvalue weighted by atomic mass is 10.00. The van der Waals surface area contributed by atoms with Gasteiger partial charge >= 0.3 is 5.97 Å². The minimum Gasteiger partial charge on any atom is -0.492 e. The van der Waals surface area contributed by atoms with E-state index in [1.54, 1.807) is 18.5 Å². The van der Waals surface area contributed by atoms with E-state index in [4.69, 9.17) is 14.6 Å². The molecule has 138 valence electrons. The molecular weight excluding hydrogens is 346 g/mol. The molecule has 0 fully saturated rings. The van der Waals surface area contributed by atoms with Gasteiger partial charge < -0.3 is 19.1 Å². The molecule has 0 aliphatic carbocycles. The number of fused-ring (bicyclic) bond motifs is 1. The summed E-state index contributed by atoms with van der Waals surface area (Å²) in [6.45, 7) is 0.723. The normalized spacial score (nSPS) is 15.2.